The van der Waals surface area contributed by atoms with E-state index in [0.717, 1.165) is 6.08 Å². The number of hydrogen-bond acceptors (Lipinski definition) is 5. The number of carbonyl (C=O) groups is 1. The molecule has 0 fully saturated rings. The maximum Gasteiger partial charge on any atom is 0.328 e. The van der Waals surface area contributed by atoms with Crippen LogP contribution in [0.3, 0.4) is 0 Å². The molecule has 70 valence electrons. The fourth-order valence-electron chi connectivity index (χ4n) is 0.471. The molecule has 0 bridgehead atoms. The topological polar surface area (TPSA) is 118 Å². The molecule has 0 aliphatic rings. The van der Waals surface area contributed by atoms with E-state index in [2.05, 4.69) is 0 Å². The van der Waals surface area contributed by atoms with Crippen LogP contribution in [0, 0.1) is 0 Å². The second-order valence-electron chi connectivity index (χ2n) is 2.09. The smallest absolute Gasteiger partial charge is 0.328 e. The highest BCUT2D eigenvalue weighted by atomic mass is 16.5. The predicted octanol–water partition coefficient (Wildman–Crippen LogP) is -2.34. The number of carboxylic acid groups (broad SMARTS) is 1. The van der Waals surface area contributed by atoms with Crippen LogP contribution in [-0.4, -0.2) is 50.0 Å². The highest BCUT2D eigenvalue weighted by Crippen LogP contribution is 1.98. The van der Waals surface area contributed by atoms with Gasteiger partial charge in [0.1, 0.15) is 12.2 Å². The van der Waals surface area contributed by atoms with Gasteiger partial charge in [0.05, 0.1) is 0 Å². The molecule has 0 aromatic carbocycles. The van der Waals surface area contributed by atoms with E-state index in [0.29, 0.717) is 6.08 Å². The lowest BCUT2D eigenvalue weighted by molar-refractivity contribution is -0.148. The standard InChI is InChI=1S/C6H10O6/c7-3(1-2-4(8)9)5(10)6(11)12/h1-3,5-7,10-12H,(H,8,9). The molecule has 0 rings (SSSR count). The van der Waals surface area contributed by atoms with Gasteiger partial charge >= 0.3 is 5.97 Å². The van der Waals surface area contributed by atoms with Gasteiger partial charge in [0.2, 0.25) is 0 Å². The Kier molecular flexibility index (Phi) is 4.45. The number of aliphatic hydroxyl groups excluding tert-OH is 3. The second-order valence-corrected chi connectivity index (χ2v) is 2.09. The van der Waals surface area contributed by atoms with Crippen LogP contribution in [0.4, 0.5) is 0 Å². The Morgan fingerprint density at radius 3 is 2.00 bits per heavy atom. The molecule has 2 unspecified atom stereocenters. The average molecular weight is 178 g/mol. The summed E-state index contributed by atoms with van der Waals surface area (Å²) in [6.07, 6.45) is -4.18. The maximum atomic E-state index is 9.89. The highest BCUT2D eigenvalue weighted by molar-refractivity contribution is 5.79. The fourth-order valence-corrected chi connectivity index (χ4v) is 0.471. The van der Waals surface area contributed by atoms with E-state index in [1.54, 1.807) is 0 Å². The van der Waals surface area contributed by atoms with Gasteiger partial charge in [0.25, 0.3) is 0 Å². The van der Waals surface area contributed by atoms with Crippen LogP contribution in [0.2, 0.25) is 0 Å². The minimum absolute atomic E-state index is 0.594. The van der Waals surface area contributed by atoms with Crippen molar-refractivity contribution in [2.45, 2.75) is 18.5 Å². The largest absolute Gasteiger partial charge is 0.478 e. The molecule has 0 radical (unpaired) electrons. The molecule has 0 saturated heterocycles. The molecule has 6 heteroatoms. The Labute approximate surface area is 68.0 Å². The van der Waals surface area contributed by atoms with Gasteiger partial charge in [-0.2, -0.15) is 0 Å². The van der Waals surface area contributed by atoms with Crippen LogP contribution in [0.25, 0.3) is 0 Å². The third-order valence-corrected chi connectivity index (χ3v) is 1.09. The van der Waals surface area contributed by atoms with Crippen molar-refractivity contribution in [1.82, 2.24) is 0 Å². The first-order valence-electron chi connectivity index (χ1n) is 3.08. The molecule has 6 nitrogen and oxygen atoms in total. The van der Waals surface area contributed by atoms with E-state index in [9.17, 15) is 4.79 Å². The highest BCUT2D eigenvalue weighted by Gasteiger charge is 2.20. The minimum Gasteiger partial charge on any atom is -0.478 e. The van der Waals surface area contributed by atoms with Crippen molar-refractivity contribution in [3.05, 3.63) is 12.2 Å². The van der Waals surface area contributed by atoms with Crippen molar-refractivity contribution >= 4 is 5.97 Å². The van der Waals surface area contributed by atoms with Crippen LogP contribution in [0.1, 0.15) is 0 Å². The Balaban J connectivity index is 4.03. The normalized spacial score (nSPS) is 16.8. The SMILES string of the molecule is O=C(O)C=CC(O)C(O)C(O)O. The van der Waals surface area contributed by atoms with Gasteiger partial charge in [-0.3, -0.25) is 0 Å². The van der Waals surface area contributed by atoms with Crippen LogP contribution in [0.15, 0.2) is 12.2 Å². The molecule has 0 aromatic heterocycles. The molecule has 2 atom stereocenters. The number of hydrogen-bond donors (Lipinski definition) is 5. The summed E-state index contributed by atoms with van der Waals surface area (Å²) in [4.78, 5) is 9.89. The van der Waals surface area contributed by atoms with Gasteiger partial charge in [0.15, 0.2) is 6.29 Å². The van der Waals surface area contributed by atoms with E-state index in [-0.39, 0.29) is 0 Å². The molecule has 0 aromatic rings. The number of aliphatic carboxylic acids is 1. The van der Waals surface area contributed by atoms with Gasteiger partial charge in [0, 0.05) is 6.08 Å². The molecule has 0 saturated carbocycles. The van der Waals surface area contributed by atoms with Crippen LogP contribution < -0.4 is 0 Å². The first-order valence-corrected chi connectivity index (χ1v) is 3.08. The van der Waals surface area contributed by atoms with Gasteiger partial charge in [-0.1, -0.05) is 0 Å². The van der Waals surface area contributed by atoms with E-state index in [1.165, 1.54) is 0 Å². The minimum atomic E-state index is -2.10. The fraction of sp³-hybridized carbons (Fsp3) is 0.500. The van der Waals surface area contributed by atoms with E-state index < -0.39 is 24.5 Å². The zero-order valence-electron chi connectivity index (χ0n) is 6.03. The summed E-state index contributed by atoms with van der Waals surface area (Å²) >= 11 is 0. The lowest BCUT2D eigenvalue weighted by Crippen LogP contribution is -2.35. The number of rotatable bonds is 4. The summed E-state index contributed by atoms with van der Waals surface area (Å²) in [6, 6.07) is 0. The Morgan fingerprint density at radius 1 is 1.17 bits per heavy atom. The van der Waals surface area contributed by atoms with Gasteiger partial charge in [-0.25, -0.2) is 4.79 Å². The van der Waals surface area contributed by atoms with Crippen LogP contribution in [-0.2, 0) is 4.79 Å². The van der Waals surface area contributed by atoms with Crippen LogP contribution in [0.5, 0.6) is 0 Å². The summed E-state index contributed by atoms with van der Waals surface area (Å²) in [6.45, 7) is 0. The zero-order chi connectivity index (χ0) is 9.72. The molecule has 5 N–H and O–H groups in total. The van der Waals surface area contributed by atoms with Crippen molar-refractivity contribution in [2.24, 2.45) is 0 Å². The third-order valence-electron chi connectivity index (χ3n) is 1.09. The summed E-state index contributed by atoms with van der Waals surface area (Å²) in [7, 11) is 0. The van der Waals surface area contributed by atoms with E-state index in [1.807, 2.05) is 0 Å². The molecular weight excluding hydrogens is 168 g/mol. The van der Waals surface area contributed by atoms with Gasteiger partial charge < -0.3 is 25.5 Å². The Bertz CT molecular complexity index is 175. The monoisotopic (exact) mass is 178 g/mol. The molecule has 12 heavy (non-hydrogen) atoms. The molecule has 0 aliphatic carbocycles. The average Bonchev–Trinajstić information content (AvgIpc) is 1.98. The molecule has 0 spiro atoms. The van der Waals surface area contributed by atoms with Crippen molar-refractivity contribution in [3.63, 3.8) is 0 Å². The third kappa shape index (κ3) is 4.04. The quantitative estimate of drug-likeness (QED) is 0.243. The van der Waals surface area contributed by atoms with Gasteiger partial charge in [-0.15, -0.1) is 0 Å². The first kappa shape index (κ1) is 11.1. The number of carboxylic acids is 1. The van der Waals surface area contributed by atoms with E-state index >= 15 is 0 Å². The Hall–Kier alpha value is -0.950. The van der Waals surface area contributed by atoms with Crippen molar-refractivity contribution < 1.29 is 30.3 Å². The van der Waals surface area contributed by atoms with E-state index in [4.69, 9.17) is 25.5 Å². The number of aliphatic hydroxyl groups is 4. The molecule has 0 amide bonds. The summed E-state index contributed by atoms with van der Waals surface area (Å²) < 4.78 is 0. The van der Waals surface area contributed by atoms with Gasteiger partial charge in [-0.05, 0) is 6.08 Å². The zero-order valence-corrected chi connectivity index (χ0v) is 6.03. The Morgan fingerprint density at radius 2 is 1.67 bits per heavy atom. The summed E-state index contributed by atoms with van der Waals surface area (Å²) in [5.41, 5.74) is 0. The maximum absolute atomic E-state index is 9.89. The predicted molar refractivity (Wildman–Crippen MR) is 37.0 cm³/mol. The van der Waals surface area contributed by atoms with Crippen molar-refractivity contribution in [1.29, 1.82) is 0 Å². The van der Waals surface area contributed by atoms with Crippen molar-refractivity contribution in [2.75, 3.05) is 0 Å². The second kappa shape index (κ2) is 4.83. The first-order chi connectivity index (χ1) is 5.45. The lowest BCUT2D eigenvalue weighted by Gasteiger charge is -2.15. The molecular formula is C6H10O6. The molecule has 0 aliphatic heterocycles. The summed E-state index contributed by atoms with van der Waals surface area (Å²) in [5.74, 6) is -1.30. The van der Waals surface area contributed by atoms with Crippen LogP contribution >= 0.6 is 0 Å². The molecule has 0 heterocycles. The lowest BCUT2D eigenvalue weighted by atomic mass is 10.2. The van der Waals surface area contributed by atoms with Crippen molar-refractivity contribution in [3.8, 4) is 0 Å². The summed E-state index contributed by atoms with van der Waals surface area (Å²) in [5, 5.41) is 42.3.